The van der Waals surface area contributed by atoms with Crippen LogP contribution in [0.15, 0.2) is 0 Å². The Balaban J connectivity index is 2.43. The van der Waals surface area contributed by atoms with Gasteiger partial charge in [-0.05, 0) is 12.8 Å². The maximum Gasteiger partial charge on any atom is 0.182 e. The van der Waals surface area contributed by atoms with Crippen LogP contribution in [0.4, 0.5) is 0 Å². The maximum absolute atomic E-state index is 11.3. The van der Waals surface area contributed by atoms with E-state index in [2.05, 4.69) is 4.98 Å². The monoisotopic (exact) mass is 183 g/mol. The number of nitrogens with zero attached hydrogens (tertiary/aromatic N) is 1. The molecule has 0 saturated carbocycles. The van der Waals surface area contributed by atoms with Gasteiger partial charge in [0.25, 0.3) is 0 Å². The first-order chi connectivity index (χ1) is 5.81. The third-order valence-electron chi connectivity index (χ3n) is 1.95. The predicted molar refractivity (Wildman–Crippen MR) is 45.3 cm³/mol. The number of rotatable bonds is 1. The summed E-state index contributed by atoms with van der Waals surface area (Å²) in [6, 6.07) is 0. The molecule has 1 aliphatic rings. The van der Waals surface area contributed by atoms with Crippen LogP contribution in [0.2, 0.25) is 0 Å². The summed E-state index contributed by atoms with van der Waals surface area (Å²) < 4.78 is 0. The molecular formula is C8H9NO2S. The molecule has 0 atom stereocenters. The predicted octanol–water partition coefficient (Wildman–Crippen LogP) is 1.15. The van der Waals surface area contributed by atoms with Crippen molar-refractivity contribution in [3.05, 3.63) is 15.6 Å². The Morgan fingerprint density at radius 2 is 2.33 bits per heavy atom. The minimum absolute atomic E-state index is 0.0506. The van der Waals surface area contributed by atoms with E-state index in [4.69, 9.17) is 5.11 Å². The van der Waals surface area contributed by atoms with Crippen molar-refractivity contribution < 1.29 is 9.90 Å². The molecule has 0 bridgehead atoms. The molecule has 0 fully saturated rings. The summed E-state index contributed by atoms with van der Waals surface area (Å²) in [5.41, 5.74) is 0.607. The van der Waals surface area contributed by atoms with E-state index in [1.807, 2.05) is 0 Å². The number of hydrogen-bond donors (Lipinski definition) is 1. The van der Waals surface area contributed by atoms with Crippen molar-refractivity contribution in [3.8, 4) is 0 Å². The summed E-state index contributed by atoms with van der Waals surface area (Å²) in [5, 5.41) is 9.47. The molecule has 3 nitrogen and oxygen atoms in total. The highest BCUT2D eigenvalue weighted by Gasteiger charge is 2.21. The van der Waals surface area contributed by atoms with E-state index in [1.165, 1.54) is 11.3 Å². The van der Waals surface area contributed by atoms with Gasteiger partial charge in [-0.25, -0.2) is 4.98 Å². The zero-order valence-corrected chi connectivity index (χ0v) is 7.36. The molecule has 4 heteroatoms. The van der Waals surface area contributed by atoms with Crippen LogP contribution in [0.5, 0.6) is 0 Å². The fourth-order valence-electron chi connectivity index (χ4n) is 1.38. The number of ketones is 1. The minimum Gasteiger partial charge on any atom is -0.389 e. The molecule has 0 saturated heterocycles. The Morgan fingerprint density at radius 1 is 1.50 bits per heavy atom. The number of carbonyl (C=O) groups excluding carboxylic acids is 1. The Bertz CT molecular complexity index is 319. The molecule has 0 spiro atoms. The third kappa shape index (κ3) is 1.17. The lowest BCUT2D eigenvalue weighted by atomic mass is 10.0. The molecule has 0 unspecified atom stereocenters. The van der Waals surface area contributed by atoms with Gasteiger partial charge in [-0.1, -0.05) is 0 Å². The molecule has 2 rings (SSSR count). The van der Waals surface area contributed by atoms with Crippen molar-refractivity contribution in [2.45, 2.75) is 25.9 Å². The highest BCUT2D eigenvalue weighted by atomic mass is 32.1. The van der Waals surface area contributed by atoms with Gasteiger partial charge < -0.3 is 5.11 Å². The molecule has 1 N–H and O–H groups in total. The van der Waals surface area contributed by atoms with Crippen molar-refractivity contribution in [2.75, 3.05) is 0 Å². The van der Waals surface area contributed by atoms with Crippen LogP contribution < -0.4 is 0 Å². The number of fused-ring (bicyclic) bond motifs is 1. The van der Waals surface area contributed by atoms with Crippen molar-refractivity contribution in [2.24, 2.45) is 0 Å². The second kappa shape index (κ2) is 2.95. The fraction of sp³-hybridized carbons (Fsp3) is 0.500. The number of thiazole rings is 1. The van der Waals surface area contributed by atoms with E-state index in [1.54, 1.807) is 0 Å². The Morgan fingerprint density at radius 3 is 3.00 bits per heavy atom. The second-order valence-corrected chi connectivity index (χ2v) is 3.98. The second-order valence-electron chi connectivity index (χ2n) is 2.81. The smallest absolute Gasteiger partial charge is 0.182 e. The largest absolute Gasteiger partial charge is 0.389 e. The summed E-state index contributed by atoms with van der Waals surface area (Å²) in [6.07, 6.45) is 2.49. The summed E-state index contributed by atoms with van der Waals surface area (Å²) >= 11 is 1.46. The summed E-state index contributed by atoms with van der Waals surface area (Å²) in [5.74, 6) is 0.132. The van der Waals surface area contributed by atoms with Crippen LogP contribution in [-0.4, -0.2) is 15.9 Å². The van der Waals surface area contributed by atoms with Crippen molar-refractivity contribution >= 4 is 17.1 Å². The van der Waals surface area contributed by atoms with E-state index < -0.39 is 0 Å². The molecule has 0 aliphatic heterocycles. The number of aliphatic hydroxyl groups excluding tert-OH is 1. The lowest BCUT2D eigenvalue weighted by Gasteiger charge is -2.06. The van der Waals surface area contributed by atoms with Gasteiger partial charge in [-0.15, -0.1) is 11.3 Å². The Kier molecular flexibility index (Phi) is 1.94. The van der Waals surface area contributed by atoms with Gasteiger partial charge in [0.2, 0.25) is 0 Å². The molecule has 1 aromatic heterocycles. The maximum atomic E-state index is 11.3. The van der Waals surface area contributed by atoms with E-state index in [9.17, 15) is 4.79 Å². The first-order valence-electron chi connectivity index (χ1n) is 3.94. The topological polar surface area (TPSA) is 50.2 Å². The van der Waals surface area contributed by atoms with Crippen LogP contribution >= 0.6 is 11.3 Å². The van der Waals surface area contributed by atoms with Crippen molar-refractivity contribution in [3.63, 3.8) is 0 Å². The molecular weight excluding hydrogens is 174 g/mol. The van der Waals surface area contributed by atoms with Gasteiger partial charge in [-0.2, -0.15) is 0 Å². The van der Waals surface area contributed by atoms with Crippen molar-refractivity contribution in [1.82, 2.24) is 4.98 Å². The summed E-state index contributed by atoms with van der Waals surface area (Å²) in [7, 11) is 0. The van der Waals surface area contributed by atoms with Crippen LogP contribution in [0.25, 0.3) is 0 Å². The first kappa shape index (κ1) is 7.89. The van der Waals surface area contributed by atoms with Gasteiger partial charge in [0.15, 0.2) is 5.78 Å². The molecule has 1 heterocycles. The normalized spacial score (nSPS) is 16.2. The quantitative estimate of drug-likeness (QED) is 0.710. The highest BCUT2D eigenvalue weighted by molar-refractivity contribution is 7.11. The SMILES string of the molecule is O=C1CCCc2sc(CO)nc21. The van der Waals surface area contributed by atoms with Crippen LogP contribution in [-0.2, 0) is 13.0 Å². The molecule has 1 aliphatic carbocycles. The average Bonchev–Trinajstić information content (AvgIpc) is 2.49. The lowest BCUT2D eigenvalue weighted by molar-refractivity contribution is 0.0968. The van der Waals surface area contributed by atoms with E-state index in [0.717, 1.165) is 17.7 Å². The van der Waals surface area contributed by atoms with Gasteiger partial charge in [0, 0.05) is 11.3 Å². The number of Topliss-reactive ketones (excluding diaryl/α,β-unsaturated/α-hetero) is 1. The first-order valence-corrected chi connectivity index (χ1v) is 4.75. The number of hydrogen-bond acceptors (Lipinski definition) is 4. The fourth-order valence-corrected chi connectivity index (χ4v) is 2.37. The Labute approximate surface area is 74.1 Å². The van der Waals surface area contributed by atoms with Crippen LogP contribution in [0.1, 0.15) is 33.2 Å². The van der Waals surface area contributed by atoms with E-state index in [-0.39, 0.29) is 12.4 Å². The zero-order valence-electron chi connectivity index (χ0n) is 6.54. The number of carbonyl (C=O) groups is 1. The molecule has 64 valence electrons. The van der Waals surface area contributed by atoms with Gasteiger partial charge in [0.05, 0.1) is 6.61 Å². The van der Waals surface area contributed by atoms with Gasteiger partial charge in [-0.3, -0.25) is 4.79 Å². The highest BCUT2D eigenvalue weighted by Crippen LogP contribution is 2.26. The zero-order chi connectivity index (χ0) is 8.55. The minimum atomic E-state index is -0.0506. The number of aliphatic hydroxyl groups is 1. The molecule has 0 aromatic carbocycles. The molecule has 0 amide bonds. The standard InChI is InChI=1S/C8H9NO2S/c10-4-7-9-8-5(11)2-1-3-6(8)12-7/h10H,1-4H2. The van der Waals surface area contributed by atoms with Crippen LogP contribution in [0, 0.1) is 0 Å². The summed E-state index contributed by atoms with van der Waals surface area (Å²) in [4.78, 5) is 16.4. The lowest BCUT2D eigenvalue weighted by Crippen LogP contribution is -2.08. The summed E-state index contributed by atoms with van der Waals surface area (Å²) in [6.45, 7) is -0.0506. The average molecular weight is 183 g/mol. The molecule has 0 radical (unpaired) electrons. The van der Waals surface area contributed by atoms with Crippen LogP contribution in [0.3, 0.4) is 0 Å². The molecule has 12 heavy (non-hydrogen) atoms. The number of aromatic nitrogens is 1. The van der Waals surface area contributed by atoms with Crippen molar-refractivity contribution in [1.29, 1.82) is 0 Å². The molecule has 1 aromatic rings. The van der Waals surface area contributed by atoms with E-state index >= 15 is 0 Å². The number of aryl methyl sites for hydroxylation is 1. The third-order valence-corrected chi connectivity index (χ3v) is 3.05. The Hall–Kier alpha value is -0.740. The van der Waals surface area contributed by atoms with E-state index in [0.29, 0.717) is 17.1 Å². The van der Waals surface area contributed by atoms with Gasteiger partial charge in [0.1, 0.15) is 10.7 Å². The van der Waals surface area contributed by atoms with Gasteiger partial charge >= 0.3 is 0 Å².